The first-order chi connectivity index (χ1) is 8.70. The van der Waals surface area contributed by atoms with Crippen molar-refractivity contribution in [2.45, 2.75) is 19.6 Å². The lowest BCUT2D eigenvalue weighted by atomic mass is 10.1. The van der Waals surface area contributed by atoms with Crippen molar-refractivity contribution in [3.8, 4) is 17.5 Å². The zero-order chi connectivity index (χ0) is 12.7. The second-order valence-electron chi connectivity index (χ2n) is 4.32. The van der Waals surface area contributed by atoms with Crippen LogP contribution in [0, 0.1) is 11.3 Å². The van der Waals surface area contributed by atoms with Crippen molar-refractivity contribution in [1.29, 1.82) is 5.26 Å². The molecule has 2 N–H and O–H groups in total. The van der Waals surface area contributed by atoms with Gasteiger partial charge in [-0.3, -0.25) is 4.57 Å². The summed E-state index contributed by atoms with van der Waals surface area (Å²) < 4.78 is 7.64. The average Bonchev–Trinajstić information content (AvgIpc) is 2.82. The lowest BCUT2D eigenvalue weighted by molar-refractivity contribution is 0.283. The van der Waals surface area contributed by atoms with Crippen LogP contribution in [0.25, 0.3) is 5.69 Å². The van der Waals surface area contributed by atoms with E-state index in [4.69, 9.17) is 15.7 Å². The smallest absolute Gasteiger partial charge is 0.145 e. The molecule has 1 atom stereocenters. The molecule has 0 saturated heterocycles. The van der Waals surface area contributed by atoms with Crippen LogP contribution in [-0.2, 0) is 6.61 Å². The number of fused-ring (bicyclic) bond motifs is 3. The number of hydrogen-bond donors (Lipinski definition) is 1. The van der Waals surface area contributed by atoms with Crippen LogP contribution >= 0.6 is 0 Å². The van der Waals surface area contributed by atoms with Crippen LogP contribution in [0.1, 0.15) is 29.9 Å². The average molecular weight is 240 g/mol. The van der Waals surface area contributed by atoms with Crippen molar-refractivity contribution in [2.75, 3.05) is 0 Å². The van der Waals surface area contributed by atoms with Crippen LogP contribution in [0.4, 0.5) is 0 Å². The molecule has 5 nitrogen and oxygen atoms in total. The van der Waals surface area contributed by atoms with Gasteiger partial charge in [0.1, 0.15) is 18.7 Å². The summed E-state index contributed by atoms with van der Waals surface area (Å²) in [5.41, 5.74) is 9.19. The largest absolute Gasteiger partial charge is 0.485 e. The Morgan fingerprint density at radius 2 is 2.39 bits per heavy atom. The Labute approximate surface area is 104 Å². The molecule has 3 rings (SSSR count). The van der Waals surface area contributed by atoms with Gasteiger partial charge in [0.25, 0.3) is 0 Å². The van der Waals surface area contributed by atoms with Gasteiger partial charge in [-0.2, -0.15) is 5.26 Å². The van der Waals surface area contributed by atoms with Crippen LogP contribution in [0.15, 0.2) is 24.5 Å². The Hall–Kier alpha value is -2.32. The minimum absolute atomic E-state index is 0.121. The fourth-order valence-corrected chi connectivity index (χ4v) is 2.16. The summed E-state index contributed by atoms with van der Waals surface area (Å²) in [4.78, 5) is 4.33. The number of rotatable bonds is 1. The summed E-state index contributed by atoms with van der Waals surface area (Å²) in [7, 11) is 0. The second kappa shape index (κ2) is 3.86. The molecule has 2 heterocycles. The molecule has 0 spiro atoms. The minimum Gasteiger partial charge on any atom is -0.485 e. The summed E-state index contributed by atoms with van der Waals surface area (Å²) in [6, 6.07) is 7.35. The van der Waals surface area contributed by atoms with Crippen LogP contribution in [0.2, 0.25) is 0 Å². The molecule has 5 heteroatoms. The fraction of sp³-hybridized carbons (Fsp3) is 0.231. The van der Waals surface area contributed by atoms with E-state index in [0.29, 0.717) is 17.9 Å². The van der Waals surface area contributed by atoms with E-state index < -0.39 is 0 Å². The van der Waals surface area contributed by atoms with Crippen LogP contribution in [0.3, 0.4) is 0 Å². The monoisotopic (exact) mass is 240 g/mol. The van der Waals surface area contributed by atoms with E-state index in [1.807, 2.05) is 17.6 Å². The quantitative estimate of drug-likeness (QED) is 0.822. The molecular weight excluding hydrogens is 228 g/mol. The molecule has 90 valence electrons. The number of nitrogens with zero attached hydrogens (tertiary/aromatic N) is 3. The van der Waals surface area contributed by atoms with Crippen molar-refractivity contribution < 1.29 is 4.74 Å². The standard InChI is InChI=1S/C13H12N4O/c1-8(15)13-11-6-18-12-4-9(5-14)2-3-10(12)17(11)7-16-13/h2-4,7-8H,6,15H2,1H3/t8-/m0/s1. The maximum atomic E-state index is 8.87. The summed E-state index contributed by atoms with van der Waals surface area (Å²) in [6.07, 6.45) is 1.75. The molecule has 1 aromatic carbocycles. The Balaban J connectivity index is 2.16. The first-order valence-electron chi connectivity index (χ1n) is 5.69. The predicted molar refractivity (Wildman–Crippen MR) is 65.2 cm³/mol. The van der Waals surface area contributed by atoms with Gasteiger partial charge in [-0.05, 0) is 19.1 Å². The molecule has 0 unspecified atom stereocenters. The van der Waals surface area contributed by atoms with Crippen LogP contribution < -0.4 is 10.5 Å². The molecule has 0 aliphatic carbocycles. The highest BCUT2D eigenvalue weighted by Crippen LogP contribution is 2.32. The van der Waals surface area contributed by atoms with Crippen molar-refractivity contribution in [3.63, 3.8) is 0 Å². The highest BCUT2D eigenvalue weighted by Gasteiger charge is 2.22. The number of aromatic nitrogens is 2. The van der Waals surface area contributed by atoms with Crippen molar-refractivity contribution >= 4 is 0 Å². The van der Waals surface area contributed by atoms with Gasteiger partial charge in [0.2, 0.25) is 0 Å². The molecule has 1 aliphatic heterocycles. The molecule has 1 aromatic heterocycles. The third-order valence-corrected chi connectivity index (χ3v) is 3.04. The lowest BCUT2D eigenvalue weighted by Gasteiger charge is -2.21. The molecule has 1 aliphatic rings. The Kier molecular flexibility index (Phi) is 2.32. The third-order valence-electron chi connectivity index (χ3n) is 3.04. The summed E-state index contributed by atoms with van der Waals surface area (Å²) in [6.45, 7) is 2.33. The maximum absolute atomic E-state index is 8.87. The van der Waals surface area contributed by atoms with Crippen molar-refractivity contribution in [2.24, 2.45) is 5.73 Å². The topological polar surface area (TPSA) is 76.9 Å². The predicted octanol–water partition coefficient (Wildman–Crippen LogP) is 1.66. The Morgan fingerprint density at radius 1 is 1.56 bits per heavy atom. The molecule has 0 bridgehead atoms. The van der Waals surface area contributed by atoms with Gasteiger partial charge in [0.15, 0.2) is 0 Å². The summed E-state index contributed by atoms with van der Waals surface area (Å²) in [5.74, 6) is 0.704. The van der Waals surface area contributed by atoms with E-state index in [-0.39, 0.29) is 6.04 Å². The molecule has 18 heavy (non-hydrogen) atoms. The van der Waals surface area contributed by atoms with E-state index in [0.717, 1.165) is 17.1 Å². The van der Waals surface area contributed by atoms with E-state index >= 15 is 0 Å². The van der Waals surface area contributed by atoms with Gasteiger partial charge >= 0.3 is 0 Å². The first kappa shape index (κ1) is 10.8. The first-order valence-corrected chi connectivity index (χ1v) is 5.69. The summed E-state index contributed by atoms with van der Waals surface area (Å²) >= 11 is 0. The number of benzene rings is 1. The lowest BCUT2D eigenvalue weighted by Crippen LogP contribution is -2.16. The third kappa shape index (κ3) is 1.47. The van der Waals surface area contributed by atoms with E-state index in [9.17, 15) is 0 Å². The van der Waals surface area contributed by atoms with Gasteiger partial charge in [0, 0.05) is 12.1 Å². The number of hydrogen-bond acceptors (Lipinski definition) is 4. The van der Waals surface area contributed by atoms with Crippen LogP contribution in [-0.4, -0.2) is 9.55 Å². The molecule has 0 fully saturated rings. The van der Waals surface area contributed by atoms with Crippen molar-refractivity contribution in [1.82, 2.24) is 9.55 Å². The molecule has 0 amide bonds. The highest BCUT2D eigenvalue weighted by molar-refractivity contribution is 5.54. The zero-order valence-corrected chi connectivity index (χ0v) is 9.92. The van der Waals surface area contributed by atoms with Crippen LogP contribution in [0.5, 0.6) is 5.75 Å². The Morgan fingerprint density at radius 3 is 3.11 bits per heavy atom. The number of nitriles is 1. The Bertz CT molecular complexity index is 651. The number of nitrogens with two attached hydrogens (primary N) is 1. The summed E-state index contributed by atoms with van der Waals surface area (Å²) in [5, 5.41) is 8.87. The molecule has 0 radical (unpaired) electrons. The number of ether oxygens (including phenoxy) is 1. The number of imidazole rings is 1. The fourth-order valence-electron chi connectivity index (χ4n) is 2.16. The SMILES string of the molecule is C[C@H](N)c1ncn2c1COc1cc(C#N)ccc1-2. The van der Waals surface area contributed by atoms with Gasteiger partial charge in [-0.15, -0.1) is 0 Å². The van der Waals surface area contributed by atoms with Gasteiger partial charge in [0.05, 0.1) is 28.7 Å². The molecule has 2 aromatic rings. The normalized spacial score (nSPS) is 14.1. The van der Waals surface area contributed by atoms with Gasteiger partial charge in [-0.25, -0.2) is 4.98 Å². The molecular formula is C13H12N4O. The van der Waals surface area contributed by atoms with Gasteiger partial charge < -0.3 is 10.5 Å². The maximum Gasteiger partial charge on any atom is 0.145 e. The van der Waals surface area contributed by atoms with Crippen molar-refractivity contribution in [3.05, 3.63) is 41.5 Å². The highest BCUT2D eigenvalue weighted by atomic mass is 16.5. The van der Waals surface area contributed by atoms with E-state index in [1.54, 1.807) is 18.5 Å². The minimum atomic E-state index is -0.121. The molecule has 0 saturated carbocycles. The van der Waals surface area contributed by atoms with Gasteiger partial charge in [-0.1, -0.05) is 0 Å². The van der Waals surface area contributed by atoms with E-state index in [1.165, 1.54) is 0 Å². The zero-order valence-electron chi connectivity index (χ0n) is 9.92. The second-order valence-corrected chi connectivity index (χ2v) is 4.32. The van der Waals surface area contributed by atoms with E-state index in [2.05, 4.69) is 11.1 Å².